The number of rotatable bonds is 15. The number of hydrogen-bond acceptors (Lipinski definition) is 6. The standard InChI is InChI=1S/C36H38O6/c1-25(39-21-35-23-41-35)27-3-7-29(8-4-27)31-11-15-33(16-12-31)37-19-20-38-34-17-13-32(14-18-34)30-9-5-28(6-10-30)26(2)40-22-36-24-42-36/h3-18,25-26,35-36H,19-24H2,1-2H3. The van der Waals surface area contributed by atoms with E-state index in [0.717, 1.165) is 47.0 Å². The zero-order chi connectivity index (χ0) is 28.7. The lowest BCUT2D eigenvalue weighted by Crippen LogP contribution is -2.08. The van der Waals surface area contributed by atoms with Gasteiger partial charge in [-0.3, -0.25) is 0 Å². The topological polar surface area (TPSA) is 62.0 Å². The molecule has 218 valence electrons. The van der Waals surface area contributed by atoms with Gasteiger partial charge in [-0.1, -0.05) is 72.8 Å². The van der Waals surface area contributed by atoms with E-state index in [1.807, 2.05) is 24.3 Å². The lowest BCUT2D eigenvalue weighted by Gasteiger charge is -2.14. The molecule has 4 aromatic carbocycles. The summed E-state index contributed by atoms with van der Waals surface area (Å²) in [4.78, 5) is 0. The second-order valence-corrected chi connectivity index (χ2v) is 10.9. The van der Waals surface area contributed by atoms with Crippen molar-refractivity contribution in [2.45, 2.75) is 38.3 Å². The van der Waals surface area contributed by atoms with Crippen molar-refractivity contribution in [3.05, 3.63) is 108 Å². The maximum Gasteiger partial charge on any atom is 0.122 e. The molecular weight excluding hydrogens is 528 g/mol. The largest absolute Gasteiger partial charge is 0.490 e. The van der Waals surface area contributed by atoms with Crippen LogP contribution in [0.2, 0.25) is 0 Å². The van der Waals surface area contributed by atoms with Crippen LogP contribution < -0.4 is 9.47 Å². The Balaban J connectivity index is 0.924. The molecule has 2 saturated heterocycles. The van der Waals surface area contributed by atoms with Crippen LogP contribution in [0.25, 0.3) is 22.3 Å². The molecule has 4 atom stereocenters. The number of benzene rings is 4. The average molecular weight is 567 g/mol. The van der Waals surface area contributed by atoms with Crippen molar-refractivity contribution in [2.24, 2.45) is 0 Å². The monoisotopic (exact) mass is 566 g/mol. The van der Waals surface area contributed by atoms with Crippen molar-refractivity contribution in [3.8, 4) is 33.8 Å². The third kappa shape index (κ3) is 7.99. The van der Waals surface area contributed by atoms with E-state index in [9.17, 15) is 0 Å². The number of hydrogen-bond donors (Lipinski definition) is 0. The minimum atomic E-state index is 0.0547. The molecule has 42 heavy (non-hydrogen) atoms. The molecule has 6 heteroatoms. The van der Waals surface area contributed by atoms with Gasteiger partial charge >= 0.3 is 0 Å². The van der Waals surface area contributed by atoms with E-state index in [4.69, 9.17) is 28.4 Å². The Bertz CT molecular complexity index is 1280. The van der Waals surface area contributed by atoms with Gasteiger partial charge in [0.15, 0.2) is 0 Å². The molecule has 0 spiro atoms. The van der Waals surface area contributed by atoms with Gasteiger partial charge in [0.2, 0.25) is 0 Å². The van der Waals surface area contributed by atoms with Gasteiger partial charge in [-0.25, -0.2) is 0 Å². The molecule has 2 aliphatic rings. The van der Waals surface area contributed by atoms with E-state index in [0.29, 0.717) is 26.4 Å². The first-order valence-corrected chi connectivity index (χ1v) is 14.7. The summed E-state index contributed by atoms with van der Waals surface area (Å²) >= 11 is 0. The molecule has 0 amide bonds. The first kappa shape index (κ1) is 28.4. The van der Waals surface area contributed by atoms with Gasteiger partial charge in [0, 0.05) is 0 Å². The summed E-state index contributed by atoms with van der Waals surface area (Å²) < 4.78 is 34.0. The quantitative estimate of drug-likeness (QED) is 0.110. The summed E-state index contributed by atoms with van der Waals surface area (Å²) in [7, 11) is 0. The van der Waals surface area contributed by atoms with Crippen LogP contribution in [-0.2, 0) is 18.9 Å². The van der Waals surface area contributed by atoms with Crippen molar-refractivity contribution < 1.29 is 28.4 Å². The van der Waals surface area contributed by atoms with Gasteiger partial charge < -0.3 is 28.4 Å². The molecule has 0 radical (unpaired) electrons. The van der Waals surface area contributed by atoms with Crippen LogP contribution in [0.4, 0.5) is 0 Å². The molecule has 0 bridgehead atoms. The molecule has 0 N–H and O–H groups in total. The third-order valence-corrected chi connectivity index (χ3v) is 7.63. The van der Waals surface area contributed by atoms with Gasteiger partial charge in [-0.15, -0.1) is 0 Å². The fraction of sp³-hybridized carbons (Fsp3) is 0.333. The van der Waals surface area contributed by atoms with E-state index in [1.54, 1.807) is 0 Å². The van der Waals surface area contributed by atoms with E-state index in [2.05, 4.69) is 86.6 Å². The second kappa shape index (κ2) is 13.5. The van der Waals surface area contributed by atoms with Crippen molar-refractivity contribution in [2.75, 3.05) is 39.6 Å². The molecule has 2 aliphatic heterocycles. The first-order valence-electron chi connectivity index (χ1n) is 14.7. The van der Waals surface area contributed by atoms with Crippen LogP contribution in [0.15, 0.2) is 97.1 Å². The molecule has 4 unspecified atom stereocenters. The highest BCUT2D eigenvalue weighted by Gasteiger charge is 2.24. The highest BCUT2D eigenvalue weighted by Crippen LogP contribution is 2.28. The van der Waals surface area contributed by atoms with Crippen LogP contribution in [0.3, 0.4) is 0 Å². The van der Waals surface area contributed by atoms with Crippen LogP contribution in [0.1, 0.15) is 37.2 Å². The zero-order valence-electron chi connectivity index (χ0n) is 24.2. The Morgan fingerprint density at radius 2 is 0.833 bits per heavy atom. The predicted octanol–water partition coefficient (Wildman–Crippen LogP) is 7.43. The number of epoxide rings is 2. The van der Waals surface area contributed by atoms with Gasteiger partial charge in [-0.05, 0) is 71.5 Å². The summed E-state index contributed by atoms with van der Waals surface area (Å²) in [5, 5.41) is 0. The summed E-state index contributed by atoms with van der Waals surface area (Å²) in [6.07, 6.45) is 0.671. The van der Waals surface area contributed by atoms with Crippen molar-refractivity contribution in [1.29, 1.82) is 0 Å². The van der Waals surface area contributed by atoms with Crippen LogP contribution in [0.5, 0.6) is 11.5 Å². The Morgan fingerprint density at radius 1 is 0.524 bits per heavy atom. The van der Waals surface area contributed by atoms with Crippen molar-refractivity contribution >= 4 is 0 Å². The smallest absolute Gasteiger partial charge is 0.122 e. The third-order valence-electron chi connectivity index (χ3n) is 7.63. The summed E-state index contributed by atoms with van der Waals surface area (Å²) in [5.41, 5.74) is 6.94. The van der Waals surface area contributed by atoms with Crippen LogP contribution >= 0.6 is 0 Å². The van der Waals surface area contributed by atoms with E-state index in [1.165, 1.54) is 11.1 Å². The van der Waals surface area contributed by atoms with Gasteiger partial charge in [-0.2, -0.15) is 0 Å². The van der Waals surface area contributed by atoms with Crippen LogP contribution in [0, 0.1) is 0 Å². The Kier molecular flexibility index (Phi) is 9.16. The SMILES string of the molecule is CC(OCC1CO1)c1ccc(-c2ccc(OCCOc3ccc(-c4ccc(C(C)OCC5CO5)cc4)cc3)cc2)cc1. The normalized spacial score (nSPS) is 18.7. The molecule has 0 saturated carbocycles. The molecule has 6 nitrogen and oxygen atoms in total. The fourth-order valence-corrected chi connectivity index (χ4v) is 4.72. The first-order chi connectivity index (χ1) is 20.6. The van der Waals surface area contributed by atoms with E-state index in [-0.39, 0.29) is 24.4 Å². The minimum Gasteiger partial charge on any atom is -0.490 e. The lowest BCUT2D eigenvalue weighted by atomic mass is 10.0. The predicted molar refractivity (Wildman–Crippen MR) is 163 cm³/mol. The van der Waals surface area contributed by atoms with E-state index < -0.39 is 0 Å². The lowest BCUT2D eigenvalue weighted by molar-refractivity contribution is 0.0539. The molecule has 2 heterocycles. The molecule has 6 rings (SSSR count). The summed E-state index contributed by atoms with van der Waals surface area (Å²) in [5.74, 6) is 1.64. The maximum atomic E-state index is 5.91. The van der Waals surface area contributed by atoms with E-state index >= 15 is 0 Å². The molecule has 2 fully saturated rings. The average Bonchev–Trinajstić information content (AvgIpc) is 3.98. The van der Waals surface area contributed by atoms with Crippen LogP contribution in [-0.4, -0.2) is 51.8 Å². The van der Waals surface area contributed by atoms with Gasteiger partial charge in [0.1, 0.15) is 36.9 Å². The molecule has 4 aromatic rings. The highest BCUT2D eigenvalue weighted by molar-refractivity contribution is 5.65. The Morgan fingerprint density at radius 3 is 1.14 bits per heavy atom. The van der Waals surface area contributed by atoms with Gasteiger partial charge in [0.05, 0.1) is 38.6 Å². The molecular formula is C36H38O6. The molecule has 0 aliphatic carbocycles. The summed E-state index contributed by atoms with van der Waals surface area (Å²) in [6.45, 7) is 8.03. The highest BCUT2D eigenvalue weighted by atomic mass is 16.6. The molecule has 0 aromatic heterocycles. The minimum absolute atomic E-state index is 0.0547. The van der Waals surface area contributed by atoms with Crippen molar-refractivity contribution in [1.82, 2.24) is 0 Å². The summed E-state index contributed by atoms with van der Waals surface area (Å²) in [6, 6.07) is 33.4. The maximum absolute atomic E-state index is 5.91. The number of ether oxygens (including phenoxy) is 6. The Hall–Kier alpha value is -3.68. The Labute approximate surface area is 248 Å². The zero-order valence-corrected chi connectivity index (χ0v) is 24.2. The second-order valence-electron chi connectivity index (χ2n) is 10.9. The van der Waals surface area contributed by atoms with Crippen molar-refractivity contribution in [3.63, 3.8) is 0 Å². The fourth-order valence-electron chi connectivity index (χ4n) is 4.72. The van der Waals surface area contributed by atoms with Gasteiger partial charge in [0.25, 0.3) is 0 Å².